The molecule has 0 unspecified atom stereocenters. The zero-order chi connectivity index (χ0) is 17.5. The first-order chi connectivity index (χ1) is 8.81. The maximum absolute atomic E-state index is 11.9. The van der Waals surface area contributed by atoms with Crippen LogP contribution in [-0.4, -0.2) is 45.8 Å². The maximum atomic E-state index is 11.9. The van der Waals surface area contributed by atoms with Crippen molar-refractivity contribution in [2.75, 3.05) is 12.3 Å². The van der Waals surface area contributed by atoms with Crippen LogP contribution in [-0.2, 0) is 10.3 Å². The number of nitrogens with zero attached hydrogens (tertiary/aromatic N) is 1. The molecule has 0 heterocycles. The van der Waals surface area contributed by atoms with E-state index in [-0.39, 0.29) is 10.1 Å². The fourth-order valence-electron chi connectivity index (χ4n) is 1.58. The quantitative estimate of drug-likeness (QED) is 0.595. The number of hydrogen-bond acceptors (Lipinski definition) is 2. The molecule has 128 valence electrons. The molecule has 0 aromatic carbocycles. The standard InChI is InChI=1S/C14H35NO3SSi2/c1-13(2,3)20(7,8)11-15(19(16,17)18)12-21(9,10)14(4,5)6/h11-12H2,1-10H3,(H,16,17,18). The highest BCUT2D eigenvalue weighted by Crippen LogP contribution is 2.39. The van der Waals surface area contributed by atoms with Gasteiger partial charge in [0.05, 0.1) is 16.1 Å². The minimum atomic E-state index is -4.15. The predicted molar refractivity (Wildman–Crippen MR) is 97.5 cm³/mol. The van der Waals surface area contributed by atoms with E-state index in [1.807, 2.05) is 0 Å². The van der Waals surface area contributed by atoms with Gasteiger partial charge in [0.2, 0.25) is 0 Å². The lowest BCUT2D eigenvalue weighted by Crippen LogP contribution is -2.56. The second-order valence-corrected chi connectivity index (χ2v) is 22.1. The third kappa shape index (κ3) is 5.78. The molecular weight excluding hydrogens is 318 g/mol. The van der Waals surface area contributed by atoms with Crippen LogP contribution in [0.15, 0.2) is 0 Å². The molecule has 7 heteroatoms. The molecule has 1 N–H and O–H groups in total. The lowest BCUT2D eigenvalue weighted by atomic mass is 10.2. The molecule has 0 aliphatic heterocycles. The van der Waals surface area contributed by atoms with E-state index in [9.17, 15) is 13.0 Å². The lowest BCUT2D eigenvalue weighted by Gasteiger charge is -2.44. The van der Waals surface area contributed by atoms with Crippen LogP contribution < -0.4 is 0 Å². The summed E-state index contributed by atoms with van der Waals surface area (Å²) < 4.78 is 34.8. The SMILES string of the molecule is CC(C)(C)[Si](C)(C)CN(C[Si](C)(C)C(C)(C)C)S(=O)(=O)O. The second kappa shape index (κ2) is 6.07. The monoisotopic (exact) mass is 353 g/mol. The summed E-state index contributed by atoms with van der Waals surface area (Å²) >= 11 is 0. The largest absolute Gasteiger partial charge is 0.335 e. The highest BCUT2D eigenvalue weighted by atomic mass is 32.2. The van der Waals surface area contributed by atoms with E-state index >= 15 is 0 Å². The molecule has 0 saturated carbocycles. The van der Waals surface area contributed by atoms with Crippen molar-refractivity contribution in [1.29, 1.82) is 0 Å². The van der Waals surface area contributed by atoms with E-state index in [1.54, 1.807) is 0 Å². The Bertz CT molecular complexity index is 432. The zero-order valence-corrected chi connectivity index (χ0v) is 18.3. The van der Waals surface area contributed by atoms with Crippen LogP contribution in [0, 0.1) is 0 Å². The molecule has 4 nitrogen and oxygen atoms in total. The van der Waals surface area contributed by atoms with Gasteiger partial charge in [-0.15, -0.1) is 0 Å². The summed E-state index contributed by atoms with van der Waals surface area (Å²) in [5.74, 6) is 0. The first kappa shape index (κ1) is 21.3. The van der Waals surface area contributed by atoms with Gasteiger partial charge < -0.3 is 0 Å². The van der Waals surface area contributed by atoms with Gasteiger partial charge in [-0.05, 0) is 10.1 Å². The first-order valence-corrected chi connectivity index (χ1v) is 15.3. The van der Waals surface area contributed by atoms with Crippen molar-refractivity contribution < 1.29 is 13.0 Å². The van der Waals surface area contributed by atoms with Crippen molar-refractivity contribution in [2.45, 2.75) is 77.8 Å². The molecule has 0 aliphatic rings. The number of hydrogen-bond donors (Lipinski definition) is 1. The van der Waals surface area contributed by atoms with Gasteiger partial charge in [-0.2, -0.15) is 12.7 Å². The van der Waals surface area contributed by atoms with Crippen LogP contribution in [0.5, 0.6) is 0 Å². The smallest absolute Gasteiger partial charge is 0.273 e. The minimum absolute atomic E-state index is 0.0867. The Morgan fingerprint density at radius 3 is 1.19 bits per heavy atom. The molecule has 0 bridgehead atoms. The van der Waals surface area contributed by atoms with Crippen molar-refractivity contribution in [1.82, 2.24) is 4.31 Å². The van der Waals surface area contributed by atoms with Crippen molar-refractivity contribution in [3.8, 4) is 0 Å². The lowest BCUT2D eigenvalue weighted by molar-refractivity contribution is 0.392. The molecule has 0 rings (SSSR count). The van der Waals surface area contributed by atoms with E-state index in [4.69, 9.17) is 0 Å². The Kier molecular flexibility index (Phi) is 6.16. The molecule has 0 aromatic rings. The topological polar surface area (TPSA) is 57.6 Å². The fraction of sp³-hybridized carbons (Fsp3) is 1.00. The third-order valence-corrected chi connectivity index (χ3v) is 17.4. The summed E-state index contributed by atoms with van der Waals surface area (Å²) in [5.41, 5.74) is 0. The summed E-state index contributed by atoms with van der Waals surface area (Å²) in [6, 6.07) is 0. The Labute approximate surface area is 134 Å². The van der Waals surface area contributed by atoms with Gasteiger partial charge in [-0.1, -0.05) is 67.7 Å². The molecule has 0 fully saturated rings. The van der Waals surface area contributed by atoms with Crippen LogP contribution in [0.2, 0.25) is 36.3 Å². The fourth-order valence-corrected chi connectivity index (χ4v) is 7.98. The van der Waals surface area contributed by atoms with E-state index in [2.05, 4.69) is 67.7 Å². The highest BCUT2D eigenvalue weighted by Gasteiger charge is 2.43. The van der Waals surface area contributed by atoms with E-state index in [0.29, 0.717) is 12.3 Å². The first-order valence-electron chi connectivity index (χ1n) is 7.54. The number of rotatable bonds is 5. The third-order valence-electron chi connectivity index (χ3n) is 5.53. The van der Waals surface area contributed by atoms with E-state index in [0.717, 1.165) is 0 Å². The average Bonchev–Trinajstić information content (AvgIpc) is 2.10. The molecule has 0 atom stereocenters. The van der Waals surface area contributed by atoms with Crippen molar-refractivity contribution >= 4 is 26.5 Å². The van der Waals surface area contributed by atoms with Crippen LogP contribution in [0.3, 0.4) is 0 Å². The van der Waals surface area contributed by atoms with Crippen molar-refractivity contribution in [2.24, 2.45) is 0 Å². The molecule has 0 saturated heterocycles. The summed E-state index contributed by atoms with van der Waals surface area (Å²) in [7, 11) is -7.80. The van der Waals surface area contributed by atoms with Crippen molar-refractivity contribution in [3.63, 3.8) is 0 Å². The van der Waals surface area contributed by atoms with E-state index < -0.39 is 26.5 Å². The van der Waals surface area contributed by atoms with Gasteiger partial charge in [0.25, 0.3) is 0 Å². The molecule has 0 radical (unpaired) electrons. The zero-order valence-electron chi connectivity index (χ0n) is 15.5. The summed E-state index contributed by atoms with van der Waals surface area (Å²) in [5, 5.41) is 0.173. The molecule has 0 aromatic heterocycles. The average molecular weight is 354 g/mol. The normalized spacial score (nSPS) is 15.6. The maximum Gasteiger partial charge on any atom is 0.335 e. The Balaban J connectivity index is 5.49. The Morgan fingerprint density at radius 1 is 0.810 bits per heavy atom. The summed E-state index contributed by atoms with van der Waals surface area (Å²) in [4.78, 5) is 0. The summed E-state index contributed by atoms with van der Waals surface area (Å²) in [6.07, 6.45) is 0.948. The molecule has 0 amide bonds. The van der Waals surface area contributed by atoms with Crippen molar-refractivity contribution in [3.05, 3.63) is 0 Å². The Morgan fingerprint density at radius 2 is 1.05 bits per heavy atom. The van der Waals surface area contributed by atoms with Gasteiger partial charge >= 0.3 is 10.3 Å². The van der Waals surface area contributed by atoms with Crippen LogP contribution >= 0.6 is 0 Å². The van der Waals surface area contributed by atoms with Gasteiger partial charge in [0, 0.05) is 12.3 Å². The predicted octanol–water partition coefficient (Wildman–Crippen LogP) is 4.19. The van der Waals surface area contributed by atoms with E-state index in [1.165, 1.54) is 4.31 Å². The van der Waals surface area contributed by atoms with Crippen LogP contribution in [0.4, 0.5) is 0 Å². The minimum Gasteiger partial charge on any atom is -0.273 e. The van der Waals surface area contributed by atoms with Crippen LogP contribution in [0.1, 0.15) is 41.5 Å². The van der Waals surface area contributed by atoms with Gasteiger partial charge in [0.1, 0.15) is 0 Å². The second-order valence-electron chi connectivity index (χ2n) is 9.51. The Hall–Kier alpha value is 0.304. The van der Waals surface area contributed by atoms with Gasteiger partial charge in [0.15, 0.2) is 0 Å². The summed E-state index contributed by atoms with van der Waals surface area (Å²) in [6.45, 7) is 21.7. The molecule has 21 heavy (non-hydrogen) atoms. The molecular formula is C14H35NO3SSi2. The van der Waals surface area contributed by atoms with Gasteiger partial charge in [-0.3, -0.25) is 4.55 Å². The molecule has 0 aliphatic carbocycles. The van der Waals surface area contributed by atoms with Crippen LogP contribution in [0.25, 0.3) is 0 Å². The molecule has 0 spiro atoms. The van der Waals surface area contributed by atoms with Gasteiger partial charge in [-0.25, -0.2) is 0 Å². The highest BCUT2D eigenvalue weighted by molar-refractivity contribution is 7.83.